The predicted molar refractivity (Wildman–Crippen MR) is 96.5 cm³/mol. The summed E-state index contributed by atoms with van der Waals surface area (Å²) in [6.07, 6.45) is 1.55. The van der Waals surface area contributed by atoms with Gasteiger partial charge in [0.1, 0.15) is 6.10 Å². The lowest BCUT2D eigenvalue weighted by atomic mass is 10.1. The normalized spacial score (nSPS) is 21.4. The third-order valence-corrected chi connectivity index (χ3v) is 4.76. The molecule has 2 saturated heterocycles. The Bertz CT molecular complexity index is 613. The molecule has 2 aliphatic rings. The first kappa shape index (κ1) is 17.9. The molecule has 2 amide bonds. The Hall–Kier alpha value is -1.92. The average molecular weight is 345 g/mol. The number of anilines is 1. The van der Waals surface area contributed by atoms with Crippen LogP contribution in [0.4, 0.5) is 5.69 Å². The molecular formula is C19H27N3O3. The van der Waals surface area contributed by atoms with Crippen molar-refractivity contribution in [3.8, 4) is 0 Å². The van der Waals surface area contributed by atoms with E-state index in [1.165, 1.54) is 0 Å². The van der Waals surface area contributed by atoms with Crippen LogP contribution in [0.25, 0.3) is 0 Å². The third kappa shape index (κ3) is 4.80. The van der Waals surface area contributed by atoms with Crippen molar-refractivity contribution in [3.05, 3.63) is 29.3 Å². The molecule has 136 valence electrons. The van der Waals surface area contributed by atoms with Crippen LogP contribution in [0.1, 0.15) is 24.0 Å². The van der Waals surface area contributed by atoms with Gasteiger partial charge in [-0.05, 0) is 49.9 Å². The lowest BCUT2D eigenvalue weighted by molar-refractivity contribution is -0.142. The SMILES string of the molecule is Cc1cc(C)cc(NC(=O)CN2CCN(C(=O)[C@H]3CCCO3)CC2)c1. The standard InChI is InChI=1S/C19H27N3O3/c1-14-10-15(2)12-16(11-14)20-18(23)13-21-5-7-22(8-6-21)19(24)17-4-3-9-25-17/h10-12,17H,3-9,13H2,1-2H3,(H,20,23)/t17-/m1/s1. The van der Waals surface area contributed by atoms with Crippen LogP contribution in [0, 0.1) is 13.8 Å². The van der Waals surface area contributed by atoms with E-state index < -0.39 is 0 Å². The van der Waals surface area contributed by atoms with Crippen molar-refractivity contribution in [2.75, 3.05) is 44.6 Å². The number of benzene rings is 1. The molecule has 0 bridgehead atoms. The molecule has 1 aromatic carbocycles. The Balaban J connectivity index is 1.45. The topological polar surface area (TPSA) is 61.9 Å². The summed E-state index contributed by atoms with van der Waals surface area (Å²) in [5.41, 5.74) is 3.11. The Kier molecular flexibility index (Phi) is 5.71. The second-order valence-electron chi connectivity index (χ2n) is 7.03. The van der Waals surface area contributed by atoms with Gasteiger partial charge in [0.05, 0.1) is 6.54 Å². The van der Waals surface area contributed by atoms with Crippen LogP contribution in [-0.4, -0.2) is 67.0 Å². The summed E-state index contributed by atoms with van der Waals surface area (Å²) in [6.45, 7) is 7.85. The first-order valence-corrected chi connectivity index (χ1v) is 9.02. The molecule has 0 aliphatic carbocycles. The van der Waals surface area contributed by atoms with Gasteiger partial charge in [0.2, 0.25) is 5.91 Å². The van der Waals surface area contributed by atoms with Gasteiger partial charge in [0.15, 0.2) is 0 Å². The van der Waals surface area contributed by atoms with Crippen LogP contribution in [0.2, 0.25) is 0 Å². The Morgan fingerprint density at radius 3 is 2.40 bits per heavy atom. The monoisotopic (exact) mass is 345 g/mol. The summed E-state index contributed by atoms with van der Waals surface area (Å²) in [7, 11) is 0. The van der Waals surface area contributed by atoms with Gasteiger partial charge in [-0.1, -0.05) is 6.07 Å². The first-order valence-electron chi connectivity index (χ1n) is 9.02. The molecule has 6 heteroatoms. The van der Waals surface area contributed by atoms with Crippen molar-refractivity contribution < 1.29 is 14.3 Å². The molecule has 0 saturated carbocycles. The molecule has 2 aliphatic heterocycles. The fourth-order valence-corrected chi connectivity index (χ4v) is 3.55. The summed E-state index contributed by atoms with van der Waals surface area (Å²) in [5.74, 6) is 0.0979. The average Bonchev–Trinajstić information content (AvgIpc) is 3.08. The molecule has 1 N–H and O–H groups in total. The molecule has 1 aromatic rings. The number of hydrogen-bond donors (Lipinski definition) is 1. The van der Waals surface area contributed by atoms with Crippen molar-refractivity contribution >= 4 is 17.5 Å². The number of aryl methyl sites for hydroxylation is 2. The minimum Gasteiger partial charge on any atom is -0.368 e. The second-order valence-corrected chi connectivity index (χ2v) is 7.03. The van der Waals surface area contributed by atoms with Crippen LogP contribution in [0.15, 0.2) is 18.2 Å². The van der Waals surface area contributed by atoms with Crippen molar-refractivity contribution in [2.45, 2.75) is 32.8 Å². The lowest BCUT2D eigenvalue weighted by Gasteiger charge is -2.35. The Morgan fingerprint density at radius 2 is 1.80 bits per heavy atom. The summed E-state index contributed by atoms with van der Waals surface area (Å²) in [6, 6.07) is 6.03. The van der Waals surface area contributed by atoms with Gasteiger partial charge in [0.25, 0.3) is 5.91 Å². The quantitative estimate of drug-likeness (QED) is 0.900. The molecule has 25 heavy (non-hydrogen) atoms. The van der Waals surface area contributed by atoms with E-state index in [1.54, 1.807) is 0 Å². The third-order valence-electron chi connectivity index (χ3n) is 4.76. The van der Waals surface area contributed by atoms with Crippen LogP contribution >= 0.6 is 0 Å². The van der Waals surface area contributed by atoms with Gasteiger partial charge in [-0.25, -0.2) is 0 Å². The zero-order valence-corrected chi connectivity index (χ0v) is 15.1. The molecule has 2 fully saturated rings. The van der Waals surface area contributed by atoms with E-state index in [1.807, 2.05) is 30.9 Å². The van der Waals surface area contributed by atoms with Crippen molar-refractivity contribution in [1.82, 2.24) is 9.80 Å². The molecule has 0 radical (unpaired) electrons. The summed E-state index contributed by atoms with van der Waals surface area (Å²) < 4.78 is 5.48. The van der Waals surface area contributed by atoms with Crippen molar-refractivity contribution in [1.29, 1.82) is 0 Å². The maximum Gasteiger partial charge on any atom is 0.251 e. The number of nitrogens with zero attached hydrogens (tertiary/aromatic N) is 2. The van der Waals surface area contributed by atoms with E-state index >= 15 is 0 Å². The summed E-state index contributed by atoms with van der Waals surface area (Å²) >= 11 is 0. The van der Waals surface area contributed by atoms with Gasteiger partial charge in [-0.2, -0.15) is 0 Å². The number of rotatable bonds is 4. The summed E-state index contributed by atoms with van der Waals surface area (Å²) in [5, 5.41) is 2.97. The highest BCUT2D eigenvalue weighted by molar-refractivity contribution is 5.92. The fourth-order valence-electron chi connectivity index (χ4n) is 3.55. The van der Waals surface area contributed by atoms with Gasteiger partial charge in [-0.15, -0.1) is 0 Å². The highest BCUT2D eigenvalue weighted by atomic mass is 16.5. The van der Waals surface area contributed by atoms with E-state index in [-0.39, 0.29) is 17.9 Å². The largest absolute Gasteiger partial charge is 0.368 e. The van der Waals surface area contributed by atoms with E-state index in [2.05, 4.69) is 16.3 Å². The Labute approximate surface area is 149 Å². The predicted octanol–water partition coefficient (Wildman–Crippen LogP) is 1.57. The number of hydrogen-bond acceptors (Lipinski definition) is 4. The maximum atomic E-state index is 12.3. The van der Waals surface area contributed by atoms with Crippen LogP contribution in [-0.2, 0) is 14.3 Å². The maximum absolute atomic E-state index is 12.3. The van der Waals surface area contributed by atoms with E-state index in [4.69, 9.17) is 4.74 Å². The highest BCUT2D eigenvalue weighted by Gasteiger charge is 2.30. The van der Waals surface area contributed by atoms with Gasteiger partial charge in [0, 0.05) is 38.5 Å². The van der Waals surface area contributed by atoms with Crippen molar-refractivity contribution in [3.63, 3.8) is 0 Å². The van der Waals surface area contributed by atoms with Crippen LogP contribution < -0.4 is 5.32 Å². The van der Waals surface area contributed by atoms with Crippen LogP contribution in [0.3, 0.4) is 0 Å². The number of carbonyl (C=O) groups excluding carboxylic acids is 2. The first-order chi connectivity index (χ1) is 12.0. The number of piperazine rings is 1. The molecule has 3 rings (SSSR count). The van der Waals surface area contributed by atoms with E-state index in [9.17, 15) is 9.59 Å². The van der Waals surface area contributed by atoms with Gasteiger partial charge < -0.3 is 15.0 Å². The van der Waals surface area contributed by atoms with Gasteiger partial charge >= 0.3 is 0 Å². The molecule has 0 aromatic heterocycles. The number of ether oxygens (including phenoxy) is 1. The van der Waals surface area contributed by atoms with E-state index in [0.717, 1.165) is 42.7 Å². The minimum atomic E-state index is -0.251. The second kappa shape index (κ2) is 7.97. The molecule has 2 heterocycles. The molecular weight excluding hydrogens is 318 g/mol. The van der Waals surface area contributed by atoms with Crippen LogP contribution in [0.5, 0.6) is 0 Å². The van der Waals surface area contributed by atoms with E-state index in [0.29, 0.717) is 26.2 Å². The van der Waals surface area contributed by atoms with Gasteiger partial charge in [-0.3, -0.25) is 14.5 Å². The molecule has 0 unspecified atom stereocenters. The Morgan fingerprint density at radius 1 is 1.12 bits per heavy atom. The lowest BCUT2D eigenvalue weighted by Crippen LogP contribution is -2.52. The summed E-state index contributed by atoms with van der Waals surface area (Å²) in [4.78, 5) is 28.6. The zero-order chi connectivity index (χ0) is 17.8. The van der Waals surface area contributed by atoms with Crippen molar-refractivity contribution in [2.24, 2.45) is 0 Å². The fraction of sp³-hybridized carbons (Fsp3) is 0.579. The molecule has 0 spiro atoms. The number of carbonyl (C=O) groups is 2. The minimum absolute atomic E-state index is 0.0103. The zero-order valence-electron chi connectivity index (χ0n) is 15.1. The number of amides is 2. The molecule has 1 atom stereocenters. The number of nitrogens with one attached hydrogen (secondary N) is 1. The smallest absolute Gasteiger partial charge is 0.251 e. The molecule has 6 nitrogen and oxygen atoms in total. The highest BCUT2D eigenvalue weighted by Crippen LogP contribution is 2.16.